The summed E-state index contributed by atoms with van der Waals surface area (Å²) in [6, 6.07) is 0. The lowest BCUT2D eigenvalue weighted by molar-refractivity contribution is -0.144. The number of hydrogen-bond acceptors (Lipinski definition) is 4. The zero-order chi connectivity index (χ0) is 10.1. The Bertz CT molecular complexity index is 174. The van der Waals surface area contributed by atoms with Crippen molar-refractivity contribution in [3.8, 4) is 0 Å². The molecule has 1 N–H and O–H groups in total. The van der Waals surface area contributed by atoms with Crippen molar-refractivity contribution in [3.63, 3.8) is 0 Å². The summed E-state index contributed by atoms with van der Waals surface area (Å²) in [4.78, 5) is 11.2. The molecule has 0 saturated heterocycles. The van der Waals surface area contributed by atoms with Gasteiger partial charge in [-0.1, -0.05) is 6.92 Å². The molecule has 0 bridgehead atoms. The first-order valence-corrected chi connectivity index (χ1v) is 4.37. The summed E-state index contributed by atoms with van der Waals surface area (Å²) in [7, 11) is 0. The molecule has 0 unspecified atom stereocenters. The molecule has 13 heavy (non-hydrogen) atoms. The minimum atomic E-state index is -0.516. The van der Waals surface area contributed by atoms with Crippen LogP contribution < -0.4 is 0 Å². The Morgan fingerprint density at radius 1 is 1.38 bits per heavy atom. The second kappa shape index (κ2) is 7.61. The van der Waals surface area contributed by atoms with Crippen molar-refractivity contribution in [2.75, 3.05) is 19.8 Å². The number of allylic oxidation sites excluding steroid dienone is 1. The van der Waals surface area contributed by atoms with Gasteiger partial charge in [0.05, 0.1) is 13.2 Å². The molecule has 0 atom stereocenters. The molecule has 0 fully saturated rings. The molecule has 0 aromatic heterocycles. The molecule has 4 heteroatoms. The Morgan fingerprint density at radius 2 is 2.08 bits per heavy atom. The van der Waals surface area contributed by atoms with E-state index in [1.165, 1.54) is 0 Å². The number of aliphatic hydroxyl groups excluding tert-OH is 1. The zero-order valence-electron chi connectivity index (χ0n) is 8.08. The van der Waals surface area contributed by atoms with Gasteiger partial charge in [-0.05, 0) is 19.4 Å². The second-order valence-electron chi connectivity index (χ2n) is 2.27. The number of rotatable bonds is 6. The molecular weight excluding hydrogens is 172 g/mol. The zero-order valence-corrected chi connectivity index (χ0v) is 8.08. The monoisotopic (exact) mass is 188 g/mol. The van der Waals surface area contributed by atoms with E-state index >= 15 is 0 Å². The van der Waals surface area contributed by atoms with E-state index in [0.717, 1.165) is 0 Å². The molecule has 0 spiro atoms. The molecular formula is C9H16O4. The molecule has 0 radical (unpaired) electrons. The molecule has 0 aromatic rings. The lowest BCUT2D eigenvalue weighted by atomic mass is 10.4. The molecule has 0 heterocycles. The van der Waals surface area contributed by atoms with E-state index < -0.39 is 5.97 Å². The van der Waals surface area contributed by atoms with Crippen molar-refractivity contribution in [2.24, 2.45) is 0 Å². The van der Waals surface area contributed by atoms with Crippen LogP contribution in [0.2, 0.25) is 0 Å². The van der Waals surface area contributed by atoms with E-state index in [1.807, 2.05) is 6.92 Å². The second-order valence-corrected chi connectivity index (χ2v) is 2.27. The number of hydrogen-bond donors (Lipinski definition) is 1. The summed E-state index contributed by atoms with van der Waals surface area (Å²) in [5.74, 6) is -0.295. The molecule has 0 amide bonds. The summed E-state index contributed by atoms with van der Waals surface area (Å²) in [5, 5.41) is 8.42. The number of aliphatic hydroxyl groups is 1. The van der Waals surface area contributed by atoms with Gasteiger partial charge in [-0.3, -0.25) is 0 Å². The van der Waals surface area contributed by atoms with E-state index in [2.05, 4.69) is 4.74 Å². The van der Waals surface area contributed by atoms with Crippen molar-refractivity contribution >= 4 is 5.97 Å². The number of carbonyl (C=O) groups is 1. The van der Waals surface area contributed by atoms with Crippen LogP contribution in [0, 0.1) is 0 Å². The van der Waals surface area contributed by atoms with Crippen molar-refractivity contribution < 1.29 is 19.4 Å². The van der Waals surface area contributed by atoms with Crippen LogP contribution in [0.25, 0.3) is 0 Å². The molecule has 76 valence electrons. The Morgan fingerprint density at radius 3 is 2.54 bits per heavy atom. The minimum absolute atomic E-state index is 0.00691. The Labute approximate surface area is 78.2 Å². The first kappa shape index (κ1) is 12.0. The van der Waals surface area contributed by atoms with Gasteiger partial charge >= 0.3 is 5.97 Å². The van der Waals surface area contributed by atoms with E-state index in [1.54, 1.807) is 13.0 Å². The molecule has 0 saturated carbocycles. The van der Waals surface area contributed by atoms with Gasteiger partial charge in [0.2, 0.25) is 5.76 Å². The fourth-order valence-electron chi connectivity index (χ4n) is 0.752. The minimum Gasteiger partial charge on any atom is -0.487 e. The smallest absolute Gasteiger partial charge is 0.373 e. The normalized spacial score (nSPS) is 11.2. The fraction of sp³-hybridized carbons (Fsp3) is 0.667. The fourth-order valence-corrected chi connectivity index (χ4v) is 0.752. The quantitative estimate of drug-likeness (QED) is 0.381. The largest absolute Gasteiger partial charge is 0.487 e. The Hall–Kier alpha value is -1.03. The van der Waals surface area contributed by atoms with Crippen LogP contribution >= 0.6 is 0 Å². The SMILES string of the molecule is CCC=C(OCC)C(=O)OCCO. The van der Waals surface area contributed by atoms with E-state index in [0.29, 0.717) is 13.0 Å². The van der Waals surface area contributed by atoms with Crippen LogP contribution in [0.1, 0.15) is 20.3 Å². The maximum absolute atomic E-state index is 11.2. The van der Waals surface area contributed by atoms with Crippen LogP contribution in [0.15, 0.2) is 11.8 Å². The number of carbonyl (C=O) groups excluding carboxylic acids is 1. The van der Waals surface area contributed by atoms with Crippen molar-refractivity contribution in [1.82, 2.24) is 0 Å². The van der Waals surface area contributed by atoms with Crippen LogP contribution in [-0.4, -0.2) is 30.9 Å². The molecule has 0 aromatic carbocycles. The Kier molecular flexibility index (Phi) is 7.01. The van der Waals surface area contributed by atoms with E-state index in [4.69, 9.17) is 9.84 Å². The van der Waals surface area contributed by atoms with Crippen molar-refractivity contribution in [2.45, 2.75) is 20.3 Å². The van der Waals surface area contributed by atoms with Gasteiger partial charge < -0.3 is 14.6 Å². The maximum atomic E-state index is 11.2. The number of esters is 1. The van der Waals surface area contributed by atoms with Crippen LogP contribution in [0.5, 0.6) is 0 Å². The topological polar surface area (TPSA) is 55.8 Å². The third-order valence-corrected chi connectivity index (χ3v) is 1.21. The highest BCUT2D eigenvalue weighted by molar-refractivity contribution is 5.86. The predicted molar refractivity (Wildman–Crippen MR) is 48.0 cm³/mol. The standard InChI is InChI=1S/C9H16O4/c1-3-5-8(12-4-2)9(11)13-7-6-10/h5,10H,3-4,6-7H2,1-2H3. The summed E-state index contributed by atoms with van der Waals surface area (Å²) in [6.07, 6.45) is 2.37. The summed E-state index contributed by atoms with van der Waals surface area (Å²) >= 11 is 0. The summed E-state index contributed by atoms with van der Waals surface area (Å²) in [6.45, 7) is 3.96. The maximum Gasteiger partial charge on any atom is 0.373 e. The first-order valence-electron chi connectivity index (χ1n) is 4.37. The van der Waals surface area contributed by atoms with Crippen molar-refractivity contribution in [1.29, 1.82) is 0 Å². The van der Waals surface area contributed by atoms with Gasteiger partial charge in [0.1, 0.15) is 6.61 Å². The molecule has 0 aliphatic heterocycles. The average molecular weight is 188 g/mol. The number of ether oxygens (including phenoxy) is 2. The predicted octanol–water partition coefficient (Wildman–Crippen LogP) is 0.852. The summed E-state index contributed by atoms with van der Waals surface area (Å²) in [5.41, 5.74) is 0. The highest BCUT2D eigenvalue weighted by Gasteiger charge is 2.10. The Balaban J connectivity index is 4.04. The van der Waals surface area contributed by atoms with E-state index in [9.17, 15) is 4.79 Å². The molecule has 0 rings (SSSR count). The first-order chi connectivity index (χ1) is 6.26. The van der Waals surface area contributed by atoms with Crippen LogP contribution in [0.4, 0.5) is 0 Å². The van der Waals surface area contributed by atoms with Gasteiger partial charge in [0.15, 0.2) is 0 Å². The van der Waals surface area contributed by atoms with Gasteiger partial charge in [0.25, 0.3) is 0 Å². The van der Waals surface area contributed by atoms with E-state index in [-0.39, 0.29) is 19.0 Å². The lowest BCUT2D eigenvalue weighted by Gasteiger charge is -2.07. The lowest BCUT2D eigenvalue weighted by Crippen LogP contribution is -2.13. The van der Waals surface area contributed by atoms with Gasteiger partial charge in [0, 0.05) is 0 Å². The van der Waals surface area contributed by atoms with Crippen LogP contribution in [-0.2, 0) is 14.3 Å². The van der Waals surface area contributed by atoms with Crippen molar-refractivity contribution in [3.05, 3.63) is 11.8 Å². The molecule has 4 nitrogen and oxygen atoms in total. The highest BCUT2D eigenvalue weighted by atomic mass is 16.6. The molecule has 0 aliphatic rings. The van der Waals surface area contributed by atoms with Gasteiger partial charge in [-0.2, -0.15) is 0 Å². The third kappa shape index (κ3) is 5.25. The highest BCUT2D eigenvalue weighted by Crippen LogP contribution is 2.02. The average Bonchev–Trinajstić information content (AvgIpc) is 2.14. The third-order valence-electron chi connectivity index (χ3n) is 1.21. The summed E-state index contributed by atoms with van der Waals surface area (Å²) < 4.78 is 9.72. The van der Waals surface area contributed by atoms with Gasteiger partial charge in [-0.15, -0.1) is 0 Å². The van der Waals surface area contributed by atoms with Crippen LogP contribution in [0.3, 0.4) is 0 Å². The molecule has 0 aliphatic carbocycles. The van der Waals surface area contributed by atoms with Gasteiger partial charge in [-0.25, -0.2) is 4.79 Å².